The van der Waals surface area contributed by atoms with Crippen molar-refractivity contribution in [3.63, 3.8) is 0 Å². The largest absolute Gasteiger partial charge is 0.386 e. The van der Waals surface area contributed by atoms with Gasteiger partial charge in [0.2, 0.25) is 16.0 Å². The number of amidine groups is 1. The molecule has 0 bridgehead atoms. The van der Waals surface area contributed by atoms with Crippen LogP contribution in [0.4, 0.5) is 26.3 Å². The summed E-state index contributed by atoms with van der Waals surface area (Å²) in [5.41, 5.74) is -0.0766. The molecule has 2 aliphatic heterocycles. The van der Waals surface area contributed by atoms with Crippen LogP contribution in [0.25, 0.3) is 11.3 Å². The molecule has 1 fully saturated rings. The number of aryl methyl sites for hydroxylation is 1. The third-order valence-corrected chi connectivity index (χ3v) is 6.39. The molecule has 7 nitrogen and oxygen atoms in total. The first-order valence-electron chi connectivity index (χ1n) is 9.93. The van der Waals surface area contributed by atoms with E-state index in [1.165, 1.54) is 6.07 Å². The molecule has 2 atom stereocenters. The first-order valence-corrected chi connectivity index (χ1v) is 11.6. The van der Waals surface area contributed by atoms with Gasteiger partial charge in [0.15, 0.2) is 11.9 Å². The van der Waals surface area contributed by atoms with Crippen LogP contribution in [0.2, 0.25) is 0 Å². The zero-order chi connectivity index (χ0) is 24.8. The van der Waals surface area contributed by atoms with E-state index in [0.717, 1.165) is 17.2 Å². The lowest BCUT2D eigenvalue weighted by atomic mass is 9.94. The molecule has 184 valence electrons. The van der Waals surface area contributed by atoms with Crippen molar-refractivity contribution in [1.29, 1.82) is 0 Å². The van der Waals surface area contributed by atoms with Gasteiger partial charge in [-0.2, -0.15) is 0 Å². The third-order valence-electron chi connectivity index (χ3n) is 5.46. The van der Waals surface area contributed by atoms with E-state index in [4.69, 9.17) is 4.84 Å². The predicted octanol–water partition coefficient (Wildman–Crippen LogP) is 3.42. The number of alkyl halides is 3. The molecule has 1 aromatic heterocycles. The zero-order valence-corrected chi connectivity index (χ0v) is 18.4. The summed E-state index contributed by atoms with van der Waals surface area (Å²) in [5, 5.41) is 3.74. The number of hydrogen-bond acceptors (Lipinski definition) is 6. The van der Waals surface area contributed by atoms with E-state index in [1.807, 2.05) is 0 Å². The van der Waals surface area contributed by atoms with Crippen LogP contribution in [0, 0.1) is 24.4 Å². The molecule has 0 saturated carbocycles. The molecular weight excluding hydrogens is 490 g/mol. The topological polar surface area (TPSA) is 83.9 Å². The van der Waals surface area contributed by atoms with Gasteiger partial charge in [-0.05, 0) is 24.6 Å². The number of oxime groups is 1. The zero-order valence-electron chi connectivity index (χ0n) is 17.5. The second-order valence-electron chi connectivity index (χ2n) is 8.03. The number of sulfonamides is 1. The number of nitrogens with one attached hydrogen (secondary N) is 1. The van der Waals surface area contributed by atoms with Gasteiger partial charge in [0.25, 0.3) is 5.92 Å². The number of halogens is 6. The summed E-state index contributed by atoms with van der Waals surface area (Å²) in [6, 6.07) is -0.578. The summed E-state index contributed by atoms with van der Waals surface area (Å²) in [6.07, 6.45) is -0.578. The summed E-state index contributed by atoms with van der Waals surface area (Å²) < 4.78 is 108. The normalized spacial score (nSPS) is 22.1. The van der Waals surface area contributed by atoms with Crippen LogP contribution in [0.1, 0.15) is 23.7 Å². The fraction of sp³-hybridized carbons (Fsp3) is 0.400. The maximum Gasteiger partial charge on any atom is 0.282 e. The first-order chi connectivity index (χ1) is 15.9. The smallest absolute Gasteiger partial charge is 0.282 e. The second kappa shape index (κ2) is 8.73. The summed E-state index contributed by atoms with van der Waals surface area (Å²) in [6.45, 7) is 0.0947. The predicted molar refractivity (Wildman–Crippen MR) is 109 cm³/mol. The van der Waals surface area contributed by atoms with Crippen LogP contribution in [-0.4, -0.2) is 55.2 Å². The monoisotopic (exact) mass is 508 g/mol. The number of aromatic nitrogens is 1. The number of likely N-dealkylation sites (tertiary alicyclic amines) is 1. The molecule has 0 radical (unpaired) electrons. The molecule has 1 unspecified atom stereocenters. The van der Waals surface area contributed by atoms with E-state index in [0.29, 0.717) is 11.6 Å². The average molecular weight is 508 g/mol. The Balaban J connectivity index is 1.59. The van der Waals surface area contributed by atoms with Gasteiger partial charge in [0.05, 0.1) is 19.2 Å². The van der Waals surface area contributed by atoms with E-state index >= 15 is 0 Å². The molecule has 2 aliphatic rings. The fourth-order valence-corrected chi connectivity index (χ4v) is 4.69. The van der Waals surface area contributed by atoms with E-state index < -0.39 is 64.6 Å². The van der Waals surface area contributed by atoms with Crippen molar-refractivity contribution in [2.75, 3.05) is 19.1 Å². The van der Waals surface area contributed by atoms with E-state index in [2.05, 4.69) is 10.1 Å². The quantitative estimate of drug-likeness (QED) is 0.626. The minimum Gasteiger partial charge on any atom is -0.386 e. The van der Waals surface area contributed by atoms with Gasteiger partial charge in [-0.25, -0.2) is 39.5 Å². The Morgan fingerprint density at radius 1 is 1.21 bits per heavy atom. The minimum absolute atomic E-state index is 0.0169. The number of nitrogens with zero attached hydrogens (tertiary/aromatic N) is 3. The summed E-state index contributed by atoms with van der Waals surface area (Å²) >= 11 is 0. The van der Waals surface area contributed by atoms with Crippen molar-refractivity contribution < 1.29 is 39.6 Å². The van der Waals surface area contributed by atoms with Gasteiger partial charge in [0, 0.05) is 23.7 Å². The highest BCUT2D eigenvalue weighted by Gasteiger charge is 2.51. The molecule has 1 N–H and O–H groups in total. The number of benzene rings is 1. The van der Waals surface area contributed by atoms with Crippen molar-refractivity contribution in [1.82, 2.24) is 14.6 Å². The SMILES string of the molecule is Cc1cc(F)c(C2CC(N3C[C@@H](NS(=O)(=O)CF)C(F)(F)C3)=NO2)c(-c2ncc(F)cc2F)c1. The molecule has 1 aromatic carbocycles. The Morgan fingerprint density at radius 2 is 1.94 bits per heavy atom. The summed E-state index contributed by atoms with van der Waals surface area (Å²) in [4.78, 5) is 10.0. The highest BCUT2D eigenvalue weighted by atomic mass is 32.2. The fourth-order valence-electron chi connectivity index (χ4n) is 3.95. The van der Waals surface area contributed by atoms with Gasteiger partial charge < -0.3 is 9.74 Å². The highest BCUT2D eigenvalue weighted by molar-refractivity contribution is 7.89. The molecule has 2 aromatic rings. The van der Waals surface area contributed by atoms with Crippen molar-refractivity contribution in [3.05, 3.63) is 53.0 Å². The Labute approximate surface area is 190 Å². The Bertz CT molecular complexity index is 1260. The van der Waals surface area contributed by atoms with Crippen LogP contribution in [0.15, 0.2) is 29.6 Å². The number of pyridine rings is 1. The van der Waals surface area contributed by atoms with Crippen molar-refractivity contribution in [3.8, 4) is 11.3 Å². The van der Waals surface area contributed by atoms with Gasteiger partial charge in [-0.15, -0.1) is 0 Å². The summed E-state index contributed by atoms with van der Waals surface area (Å²) in [5.74, 6) is -6.31. The van der Waals surface area contributed by atoms with Crippen LogP contribution in [0.3, 0.4) is 0 Å². The van der Waals surface area contributed by atoms with Gasteiger partial charge >= 0.3 is 0 Å². The van der Waals surface area contributed by atoms with Crippen molar-refractivity contribution in [2.24, 2.45) is 5.16 Å². The lowest BCUT2D eigenvalue weighted by molar-refractivity contribution is -0.00133. The molecule has 1 saturated heterocycles. The van der Waals surface area contributed by atoms with Crippen LogP contribution in [-0.2, 0) is 14.9 Å². The molecule has 14 heteroatoms. The van der Waals surface area contributed by atoms with Crippen LogP contribution < -0.4 is 4.72 Å². The maximum absolute atomic E-state index is 15.0. The maximum atomic E-state index is 15.0. The standard InChI is InChI=1S/C20H18F6N4O3S/c1-10-2-12(19-14(24)4-11(22)6-27-19)18(13(23)3-10)15-5-17(28-33-15)30-7-16(20(25,26)8-30)29-34(31,32)9-21/h2-4,6,15-16,29H,5,7-9H2,1H3/t15?,16-/m1/s1. The Morgan fingerprint density at radius 3 is 2.62 bits per heavy atom. The highest BCUT2D eigenvalue weighted by Crippen LogP contribution is 2.39. The molecule has 3 heterocycles. The summed E-state index contributed by atoms with van der Waals surface area (Å²) in [7, 11) is -4.54. The van der Waals surface area contributed by atoms with Crippen molar-refractivity contribution >= 4 is 15.9 Å². The van der Waals surface area contributed by atoms with Crippen molar-refractivity contribution in [2.45, 2.75) is 31.4 Å². The third kappa shape index (κ3) is 4.69. The van der Waals surface area contributed by atoms with Gasteiger partial charge in [0.1, 0.15) is 29.2 Å². The number of hydrogen-bond donors (Lipinski definition) is 1. The van der Waals surface area contributed by atoms with Crippen LogP contribution in [0.5, 0.6) is 0 Å². The van der Waals surface area contributed by atoms with Gasteiger partial charge in [-0.3, -0.25) is 4.98 Å². The Kier molecular flexibility index (Phi) is 6.23. The second-order valence-corrected chi connectivity index (χ2v) is 9.72. The average Bonchev–Trinajstić information content (AvgIpc) is 3.32. The molecule has 4 rings (SSSR count). The molecular formula is C20H18F6N4O3S. The lowest BCUT2D eigenvalue weighted by Gasteiger charge is -2.18. The van der Waals surface area contributed by atoms with E-state index in [1.54, 1.807) is 11.6 Å². The minimum atomic E-state index is -4.54. The Hall–Kier alpha value is -2.87. The number of rotatable bonds is 5. The molecule has 0 amide bonds. The molecule has 0 aliphatic carbocycles. The molecule has 0 spiro atoms. The van der Waals surface area contributed by atoms with E-state index in [-0.39, 0.29) is 29.1 Å². The van der Waals surface area contributed by atoms with E-state index in [9.17, 15) is 34.8 Å². The van der Waals surface area contributed by atoms with Gasteiger partial charge in [-0.1, -0.05) is 5.16 Å². The van der Waals surface area contributed by atoms with Crippen LogP contribution >= 0.6 is 0 Å². The molecule has 34 heavy (non-hydrogen) atoms. The lowest BCUT2D eigenvalue weighted by Crippen LogP contribution is -2.47. The first kappa shape index (κ1) is 24.3.